The average Bonchev–Trinajstić information content (AvgIpc) is 3.11. The van der Waals surface area contributed by atoms with Gasteiger partial charge in [0.2, 0.25) is 11.5 Å². The summed E-state index contributed by atoms with van der Waals surface area (Å²) in [6.07, 6.45) is 11.2. The smallest absolute Gasteiger partial charge is 0.207 e. The van der Waals surface area contributed by atoms with Crippen molar-refractivity contribution in [2.24, 2.45) is 0 Å². The number of fused-ring (bicyclic) bond motifs is 1. The lowest BCUT2D eigenvalue weighted by Gasteiger charge is -2.22. The first-order chi connectivity index (χ1) is 13.6. The van der Waals surface area contributed by atoms with Crippen LogP contribution in [0.1, 0.15) is 68.4 Å². The SMILES string of the molecule is COc1c2c(c(OC)c(OC)c1OC)C(CCCCCCCCN(C)C)CC2. The van der Waals surface area contributed by atoms with Crippen LogP contribution in [0.3, 0.4) is 0 Å². The summed E-state index contributed by atoms with van der Waals surface area (Å²) in [6, 6.07) is 0. The van der Waals surface area contributed by atoms with Crippen LogP contribution in [0.25, 0.3) is 0 Å². The van der Waals surface area contributed by atoms with Crippen LogP contribution < -0.4 is 18.9 Å². The maximum Gasteiger partial charge on any atom is 0.207 e. The van der Waals surface area contributed by atoms with Crippen LogP contribution in [-0.2, 0) is 6.42 Å². The van der Waals surface area contributed by atoms with Gasteiger partial charge in [-0.1, -0.05) is 32.1 Å². The number of hydrogen-bond donors (Lipinski definition) is 0. The molecule has 0 heterocycles. The molecule has 0 fully saturated rings. The first-order valence-corrected chi connectivity index (χ1v) is 10.6. The van der Waals surface area contributed by atoms with Crippen molar-refractivity contribution in [2.75, 3.05) is 49.1 Å². The predicted molar refractivity (Wildman–Crippen MR) is 115 cm³/mol. The lowest BCUT2D eigenvalue weighted by atomic mass is 9.93. The molecule has 1 atom stereocenters. The second-order valence-corrected chi connectivity index (χ2v) is 7.97. The third kappa shape index (κ3) is 5.25. The molecule has 0 bridgehead atoms. The van der Waals surface area contributed by atoms with Gasteiger partial charge in [-0.25, -0.2) is 0 Å². The summed E-state index contributed by atoms with van der Waals surface area (Å²) < 4.78 is 22.7. The van der Waals surface area contributed by atoms with Crippen LogP contribution in [0, 0.1) is 0 Å². The first-order valence-electron chi connectivity index (χ1n) is 10.6. The van der Waals surface area contributed by atoms with Gasteiger partial charge in [0, 0.05) is 11.1 Å². The van der Waals surface area contributed by atoms with E-state index in [0.717, 1.165) is 24.3 Å². The minimum atomic E-state index is 0.507. The molecule has 0 radical (unpaired) electrons. The molecule has 1 aliphatic rings. The molecule has 28 heavy (non-hydrogen) atoms. The third-order valence-electron chi connectivity index (χ3n) is 5.84. The van der Waals surface area contributed by atoms with Gasteiger partial charge in [0.05, 0.1) is 28.4 Å². The third-order valence-corrected chi connectivity index (χ3v) is 5.84. The highest BCUT2D eigenvalue weighted by molar-refractivity contribution is 5.69. The molecule has 0 saturated carbocycles. The van der Waals surface area contributed by atoms with E-state index in [1.54, 1.807) is 28.4 Å². The Balaban J connectivity index is 1.99. The Kier molecular flexibility index (Phi) is 9.23. The summed E-state index contributed by atoms with van der Waals surface area (Å²) in [5.74, 6) is 3.42. The predicted octanol–water partition coefficient (Wildman–Crippen LogP) is 5.04. The molecule has 0 N–H and O–H groups in total. The zero-order chi connectivity index (χ0) is 20.5. The zero-order valence-corrected chi connectivity index (χ0v) is 18.7. The van der Waals surface area contributed by atoms with Crippen molar-refractivity contribution in [3.05, 3.63) is 11.1 Å². The molecule has 1 aromatic carbocycles. The van der Waals surface area contributed by atoms with Gasteiger partial charge in [0.15, 0.2) is 11.5 Å². The van der Waals surface area contributed by atoms with Crippen molar-refractivity contribution in [1.82, 2.24) is 4.90 Å². The Morgan fingerprint density at radius 2 is 1.25 bits per heavy atom. The summed E-state index contributed by atoms with van der Waals surface area (Å²) >= 11 is 0. The van der Waals surface area contributed by atoms with E-state index in [0.29, 0.717) is 17.4 Å². The van der Waals surface area contributed by atoms with Gasteiger partial charge in [0.25, 0.3) is 0 Å². The van der Waals surface area contributed by atoms with Crippen molar-refractivity contribution in [2.45, 2.75) is 63.7 Å². The van der Waals surface area contributed by atoms with Crippen LogP contribution in [0.2, 0.25) is 0 Å². The van der Waals surface area contributed by atoms with Gasteiger partial charge in [-0.3, -0.25) is 0 Å². The molecule has 0 spiro atoms. The number of rotatable bonds is 13. The summed E-state index contributed by atoms with van der Waals surface area (Å²) in [7, 11) is 11.0. The van der Waals surface area contributed by atoms with Gasteiger partial charge in [-0.15, -0.1) is 0 Å². The van der Waals surface area contributed by atoms with Crippen LogP contribution in [0.15, 0.2) is 0 Å². The van der Waals surface area contributed by atoms with E-state index in [9.17, 15) is 0 Å². The van der Waals surface area contributed by atoms with Gasteiger partial charge >= 0.3 is 0 Å². The van der Waals surface area contributed by atoms with Crippen molar-refractivity contribution in [1.29, 1.82) is 0 Å². The van der Waals surface area contributed by atoms with Gasteiger partial charge in [-0.2, -0.15) is 0 Å². The standard InChI is InChI=1S/C23H39NO4/c1-24(2)16-12-10-8-7-9-11-13-17-14-15-18-19(17)21(26-4)23(28-6)22(27-5)20(18)25-3/h17H,7-16H2,1-6H3. The largest absolute Gasteiger partial charge is 0.492 e. The normalized spacial score (nSPS) is 15.6. The second-order valence-electron chi connectivity index (χ2n) is 7.97. The van der Waals surface area contributed by atoms with E-state index in [1.807, 2.05) is 0 Å². The highest BCUT2D eigenvalue weighted by atomic mass is 16.5. The molecule has 5 heteroatoms. The minimum Gasteiger partial charge on any atom is -0.492 e. The van der Waals surface area contributed by atoms with Crippen LogP contribution in [0.5, 0.6) is 23.0 Å². The topological polar surface area (TPSA) is 40.2 Å². The number of ether oxygens (including phenoxy) is 4. The van der Waals surface area contributed by atoms with Crippen molar-refractivity contribution < 1.29 is 18.9 Å². The highest BCUT2D eigenvalue weighted by Gasteiger charge is 2.35. The molecule has 2 rings (SSSR count). The Hall–Kier alpha value is -1.62. The van der Waals surface area contributed by atoms with Gasteiger partial charge in [-0.05, 0) is 52.2 Å². The molecule has 0 aliphatic heterocycles. The zero-order valence-electron chi connectivity index (χ0n) is 18.7. The molecule has 1 aliphatic carbocycles. The van der Waals surface area contributed by atoms with Crippen molar-refractivity contribution in [3.63, 3.8) is 0 Å². The van der Waals surface area contributed by atoms with E-state index in [4.69, 9.17) is 18.9 Å². The number of unbranched alkanes of at least 4 members (excludes halogenated alkanes) is 5. The van der Waals surface area contributed by atoms with Gasteiger partial charge < -0.3 is 23.8 Å². The Morgan fingerprint density at radius 3 is 1.82 bits per heavy atom. The first kappa shape index (κ1) is 22.7. The van der Waals surface area contributed by atoms with E-state index >= 15 is 0 Å². The summed E-state index contributed by atoms with van der Waals surface area (Å²) in [6.45, 7) is 1.20. The van der Waals surface area contributed by atoms with E-state index in [2.05, 4.69) is 19.0 Å². The molecular formula is C23H39NO4. The fourth-order valence-corrected chi connectivity index (χ4v) is 4.47. The van der Waals surface area contributed by atoms with E-state index < -0.39 is 0 Å². The maximum absolute atomic E-state index is 5.78. The second kappa shape index (κ2) is 11.4. The monoisotopic (exact) mass is 393 g/mol. The molecule has 160 valence electrons. The average molecular weight is 394 g/mol. The van der Waals surface area contributed by atoms with Crippen LogP contribution >= 0.6 is 0 Å². The van der Waals surface area contributed by atoms with Gasteiger partial charge in [0.1, 0.15) is 0 Å². The number of benzene rings is 1. The molecular weight excluding hydrogens is 354 g/mol. The molecule has 0 amide bonds. The molecule has 0 aromatic heterocycles. The van der Waals surface area contributed by atoms with E-state index in [-0.39, 0.29) is 0 Å². The van der Waals surface area contributed by atoms with Crippen molar-refractivity contribution in [3.8, 4) is 23.0 Å². The Morgan fingerprint density at radius 1 is 0.714 bits per heavy atom. The summed E-state index contributed by atoms with van der Waals surface area (Å²) in [5.41, 5.74) is 2.49. The number of hydrogen-bond acceptors (Lipinski definition) is 5. The summed E-state index contributed by atoms with van der Waals surface area (Å²) in [5, 5.41) is 0. The lowest BCUT2D eigenvalue weighted by molar-refractivity contribution is 0.302. The summed E-state index contributed by atoms with van der Waals surface area (Å²) in [4.78, 5) is 2.27. The molecule has 5 nitrogen and oxygen atoms in total. The highest BCUT2D eigenvalue weighted by Crippen LogP contribution is 2.56. The lowest BCUT2D eigenvalue weighted by Crippen LogP contribution is -2.12. The fourth-order valence-electron chi connectivity index (χ4n) is 4.47. The maximum atomic E-state index is 5.78. The van der Waals surface area contributed by atoms with Crippen LogP contribution in [-0.4, -0.2) is 54.0 Å². The minimum absolute atomic E-state index is 0.507. The van der Waals surface area contributed by atoms with Crippen molar-refractivity contribution >= 4 is 0 Å². The Bertz CT molecular complexity index is 615. The number of nitrogens with zero attached hydrogens (tertiary/aromatic N) is 1. The molecule has 1 unspecified atom stereocenters. The quantitative estimate of drug-likeness (QED) is 0.439. The molecule has 0 saturated heterocycles. The van der Waals surface area contributed by atoms with Crippen LogP contribution in [0.4, 0.5) is 0 Å². The molecule has 1 aromatic rings. The number of methoxy groups -OCH3 is 4. The fraction of sp³-hybridized carbons (Fsp3) is 0.739. The Labute approximate surface area is 171 Å². The van der Waals surface area contributed by atoms with E-state index in [1.165, 1.54) is 62.6 Å².